The first-order chi connectivity index (χ1) is 8.02. The normalized spacial score (nSPS) is 13.7. The van der Waals surface area contributed by atoms with E-state index >= 15 is 0 Å². The van der Waals surface area contributed by atoms with Crippen LogP contribution in [0.1, 0.15) is 26.7 Å². The highest BCUT2D eigenvalue weighted by Crippen LogP contribution is 2.27. The van der Waals surface area contributed by atoms with Crippen molar-refractivity contribution < 1.29 is 18.0 Å². The molecule has 17 heavy (non-hydrogen) atoms. The minimum atomic E-state index is -2.48. The van der Waals surface area contributed by atoms with Crippen LogP contribution < -0.4 is 0 Å². The van der Waals surface area contributed by atoms with E-state index in [0.29, 0.717) is 6.61 Å². The Balaban J connectivity index is 3.90. The van der Waals surface area contributed by atoms with Gasteiger partial charge in [0.1, 0.15) is 0 Å². The van der Waals surface area contributed by atoms with E-state index in [1.165, 1.54) is 0 Å². The van der Waals surface area contributed by atoms with Gasteiger partial charge in [0.25, 0.3) is 0 Å². The molecule has 0 spiro atoms. The molecule has 0 saturated heterocycles. The average molecular weight is 262 g/mol. The van der Waals surface area contributed by atoms with E-state index in [1.54, 1.807) is 21.3 Å². The average Bonchev–Trinajstić information content (AvgIpc) is 2.31. The zero-order chi connectivity index (χ0) is 13.3. The molecule has 4 nitrogen and oxygen atoms in total. The molecule has 1 unspecified atom stereocenters. The van der Waals surface area contributed by atoms with Crippen LogP contribution in [-0.2, 0) is 18.0 Å². The lowest BCUT2D eigenvalue weighted by molar-refractivity contribution is 0.107. The van der Waals surface area contributed by atoms with Gasteiger partial charge in [0.2, 0.25) is 0 Å². The zero-order valence-electron chi connectivity index (χ0n) is 11.7. The molecule has 5 heteroatoms. The molecular formula is C12H26O4Si. The van der Waals surface area contributed by atoms with Crippen molar-refractivity contribution in [2.45, 2.75) is 32.2 Å². The summed E-state index contributed by atoms with van der Waals surface area (Å²) in [5, 5.41) is 0. The van der Waals surface area contributed by atoms with Gasteiger partial charge in [0.05, 0.1) is 6.61 Å². The Kier molecular flexibility index (Phi) is 8.72. The Hall–Kier alpha value is -0.203. The van der Waals surface area contributed by atoms with Gasteiger partial charge < -0.3 is 18.0 Å². The predicted octanol–water partition coefficient (Wildman–Crippen LogP) is 2.63. The second-order valence-electron chi connectivity index (χ2n) is 4.27. The molecule has 1 atom stereocenters. The molecule has 0 fully saturated rings. The molecule has 0 aliphatic carbocycles. The molecule has 0 rings (SSSR count). The van der Waals surface area contributed by atoms with Crippen molar-refractivity contribution in [1.29, 1.82) is 0 Å². The second kappa shape index (κ2) is 8.83. The lowest BCUT2D eigenvalue weighted by Gasteiger charge is -2.30. The van der Waals surface area contributed by atoms with E-state index in [2.05, 4.69) is 13.5 Å². The Morgan fingerprint density at radius 2 is 1.71 bits per heavy atom. The third-order valence-electron chi connectivity index (χ3n) is 2.73. The topological polar surface area (TPSA) is 36.9 Å². The van der Waals surface area contributed by atoms with Crippen LogP contribution in [0.25, 0.3) is 0 Å². The van der Waals surface area contributed by atoms with Gasteiger partial charge in [-0.25, -0.2) is 0 Å². The smallest absolute Gasteiger partial charge is 0.377 e. The summed E-state index contributed by atoms with van der Waals surface area (Å²) in [4.78, 5) is 0. The Labute approximate surface area is 106 Å². The lowest BCUT2D eigenvalue weighted by atomic mass is 10.2. The van der Waals surface area contributed by atoms with Crippen LogP contribution in [0.2, 0.25) is 5.54 Å². The first kappa shape index (κ1) is 16.8. The van der Waals surface area contributed by atoms with Gasteiger partial charge in [0, 0.05) is 33.5 Å². The molecule has 0 aliphatic rings. The first-order valence-corrected chi connectivity index (χ1v) is 7.70. The third-order valence-corrected chi connectivity index (χ3v) is 5.93. The minimum absolute atomic E-state index is 0.274. The van der Waals surface area contributed by atoms with Gasteiger partial charge in [-0.05, 0) is 19.8 Å². The highest BCUT2D eigenvalue weighted by atomic mass is 28.4. The van der Waals surface area contributed by atoms with Gasteiger partial charge in [-0.1, -0.05) is 19.1 Å². The molecule has 0 aromatic carbocycles. The monoisotopic (exact) mass is 262 g/mol. The fourth-order valence-electron chi connectivity index (χ4n) is 1.77. The van der Waals surface area contributed by atoms with E-state index in [4.69, 9.17) is 18.0 Å². The fourth-order valence-corrected chi connectivity index (χ4v) is 4.03. The summed E-state index contributed by atoms with van der Waals surface area (Å²) >= 11 is 0. The van der Waals surface area contributed by atoms with Gasteiger partial charge in [-0.3, -0.25) is 0 Å². The molecule has 0 bridgehead atoms. The van der Waals surface area contributed by atoms with Gasteiger partial charge >= 0.3 is 8.80 Å². The van der Waals surface area contributed by atoms with Crippen molar-refractivity contribution in [1.82, 2.24) is 0 Å². The quantitative estimate of drug-likeness (QED) is 0.344. The van der Waals surface area contributed by atoms with Crippen molar-refractivity contribution in [2.24, 2.45) is 0 Å². The second-order valence-corrected chi connectivity index (χ2v) is 7.69. The van der Waals surface area contributed by atoms with Crippen molar-refractivity contribution in [2.75, 3.05) is 34.5 Å². The van der Waals surface area contributed by atoms with Crippen LogP contribution in [0.3, 0.4) is 0 Å². The molecule has 0 N–H and O–H groups in total. The summed E-state index contributed by atoms with van der Waals surface area (Å²) in [5.74, 6) is 0. The number of rotatable bonds is 10. The summed E-state index contributed by atoms with van der Waals surface area (Å²) in [5.41, 5.74) is 1.32. The Bertz CT molecular complexity index is 208. The van der Waals surface area contributed by atoms with Crippen LogP contribution in [0, 0.1) is 0 Å². The molecule has 102 valence electrons. The standard InChI is InChI=1S/C12H26O4Si/c1-11(2)10-16-9-7-8-12(3)17(13-4,14-5)15-6/h12H,1,7-10H2,2-6H3. The lowest BCUT2D eigenvalue weighted by Crippen LogP contribution is -2.46. The Morgan fingerprint density at radius 1 is 1.18 bits per heavy atom. The molecular weight excluding hydrogens is 236 g/mol. The van der Waals surface area contributed by atoms with Crippen molar-refractivity contribution >= 4 is 8.80 Å². The van der Waals surface area contributed by atoms with Gasteiger partial charge in [-0.2, -0.15) is 0 Å². The number of ether oxygens (including phenoxy) is 1. The summed E-state index contributed by atoms with van der Waals surface area (Å²) in [7, 11) is 2.46. The number of hydrogen-bond donors (Lipinski definition) is 0. The van der Waals surface area contributed by atoms with Crippen LogP contribution >= 0.6 is 0 Å². The summed E-state index contributed by atoms with van der Waals surface area (Å²) in [6.45, 7) is 9.22. The third kappa shape index (κ3) is 5.79. The molecule has 0 aliphatic heterocycles. The first-order valence-electron chi connectivity index (χ1n) is 5.90. The maximum absolute atomic E-state index is 5.45. The molecule has 0 radical (unpaired) electrons. The van der Waals surface area contributed by atoms with Gasteiger partial charge in [-0.15, -0.1) is 0 Å². The van der Waals surface area contributed by atoms with E-state index in [-0.39, 0.29) is 5.54 Å². The van der Waals surface area contributed by atoms with Crippen LogP contribution in [0.15, 0.2) is 12.2 Å². The Morgan fingerprint density at radius 3 is 2.12 bits per heavy atom. The zero-order valence-corrected chi connectivity index (χ0v) is 12.7. The molecule has 0 saturated carbocycles. The molecule has 0 aromatic rings. The van der Waals surface area contributed by atoms with Gasteiger partial charge in [0.15, 0.2) is 0 Å². The molecule has 0 amide bonds. The van der Waals surface area contributed by atoms with E-state index in [0.717, 1.165) is 25.0 Å². The minimum Gasteiger partial charge on any atom is -0.377 e. The van der Waals surface area contributed by atoms with Crippen LogP contribution in [0.5, 0.6) is 0 Å². The largest absolute Gasteiger partial charge is 0.503 e. The maximum atomic E-state index is 5.45. The van der Waals surface area contributed by atoms with Crippen LogP contribution in [0.4, 0.5) is 0 Å². The summed E-state index contributed by atoms with van der Waals surface area (Å²) < 4.78 is 21.8. The summed E-state index contributed by atoms with van der Waals surface area (Å²) in [6, 6.07) is 0. The highest BCUT2D eigenvalue weighted by molar-refractivity contribution is 6.62. The highest BCUT2D eigenvalue weighted by Gasteiger charge is 2.43. The van der Waals surface area contributed by atoms with E-state index < -0.39 is 8.80 Å². The fraction of sp³-hybridized carbons (Fsp3) is 0.833. The van der Waals surface area contributed by atoms with Crippen molar-refractivity contribution in [3.05, 3.63) is 12.2 Å². The predicted molar refractivity (Wildman–Crippen MR) is 71.1 cm³/mol. The van der Waals surface area contributed by atoms with Crippen LogP contribution in [-0.4, -0.2) is 43.3 Å². The summed E-state index contributed by atoms with van der Waals surface area (Å²) in [6.07, 6.45) is 1.94. The molecule has 0 heterocycles. The van der Waals surface area contributed by atoms with Crippen molar-refractivity contribution in [3.8, 4) is 0 Å². The van der Waals surface area contributed by atoms with E-state index in [9.17, 15) is 0 Å². The van der Waals surface area contributed by atoms with Crippen molar-refractivity contribution in [3.63, 3.8) is 0 Å². The van der Waals surface area contributed by atoms with E-state index in [1.807, 2.05) is 6.92 Å². The SMILES string of the molecule is C=C(C)COCCCC(C)[Si](OC)(OC)OC. The maximum Gasteiger partial charge on any atom is 0.503 e. The molecule has 0 aromatic heterocycles. The number of hydrogen-bond acceptors (Lipinski definition) is 4.